The summed E-state index contributed by atoms with van der Waals surface area (Å²) in [6.45, 7) is 5.17. The van der Waals surface area contributed by atoms with Gasteiger partial charge in [-0.15, -0.1) is 0 Å². The molecular weight excluding hydrogens is 364 g/mol. The monoisotopic (exact) mass is 388 g/mol. The maximum Gasteiger partial charge on any atom is 0.263 e. The van der Waals surface area contributed by atoms with E-state index in [1.807, 2.05) is 6.92 Å². The first-order valence-electron chi connectivity index (χ1n) is 8.32. The third-order valence-corrected chi connectivity index (χ3v) is 5.18. The summed E-state index contributed by atoms with van der Waals surface area (Å²) >= 11 is 5.94. The van der Waals surface area contributed by atoms with Crippen LogP contribution in [0.15, 0.2) is 18.2 Å². The van der Waals surface area contributed by atoms with E-state index in [9.17, 15) is 13.2 Å². The highest BCUT2D eigenvalue weighted by Gasteiger charge is 2.28. The molecule has 1 saturated heterocycles. The molecule has 1 aromatic carbocycles. The molecule has 2 rings (SSSR count). The van der Waals surface area contributed by atoms with Crippen molar-refractivity contribution in [1.29, 1.82) is 0 Å². The van der Waals surface area contributed by atoms with E-state index in [1.165, 1.54) is 0 Å². The van der Waals surface area contributed by atoms with Crippen molar-refractivity contribution in [3.63, 3.8) is 0 Å². The van der Waals surface area contributed by atoms with Crippen molar-refractivity contribution in [2.45, 2.75) is 32.8 Å². The van der Waals surface area contributed by atoms with Gasteiger partial charge in [-0.25, -0.2) is 13.1 Å². The standard InChI is InChI=1S/C17H25ClN2O4S/c1-12-9-15(18)6-7-16(12)24-13(2)17(21)20-8-4-5-14(11-20)10-19-25(3,22)23/h6-7,9,13-14,19H,4-5,8,10-11H2,1-3H3. The summed E-state index contributed by atoms with van der Waals surface area (Å²) in [4.78, 5) is 14.4. The number of sulfonamides is 1. The van der Waals surface area contributed by atoms with Crippen molar-refractivity contribution < 1.29 is 17.9 Å². The maximum atomic E-state index is 12.7. The zero-order valence-corrected chi connectivity index (χ0v) is 16.4. The lowest BCUT2D eigenvalue weighted by molar-refractivity contribution is -0.139. The number of nitrogens with zero attached hydrogens (tertiary/aromatic N) is 1. The first-order valence-corrected chi connectivity index (χ1v) is 10.6. The van der Waals surface area contributed by atoms with Crippen LogP contribution in [0.2, 0.25) is 5.02 Å². The fourth-order valence-corrected chi connectivity index (χ4v) is 3.71. The number of amides is 1. The Hall–Kier alpha value is -1.31. The predicted octanol–water partition coefficient (Wildman–Crippen LogP) is 2.20. The summed E-state index contributed by atoms with van der Waals surface area (Å²) in [5.74, 6) is 0.674. The quantitative estimate of drug-likeness (QED) is 0.810. The van der Waals surface area contributed by atoms with Gasteiger partial charge in [-0.05, 0) is 56.4 Å². The Morgan fingerprint density at radius 2 is 2.20 bits per heavy atom. The summed E-state index contributed by atoms with van der Waals surface area (Å²) < 4.78 is 30.8. The van der Waals surface area contributed by atoms with E-state index >= 15 is 0 Å². The van der Waals surface area contributed by atoms with Crippen molar-refractivity contribution >= 4 is 27.5 Å². The summed E-state index contributed by atoms with van der Waals surface area (Å²) in [6.07, 6.45) is 2.29. The molecule has 1 heterocycles. The Bertz CT molecular complexity index is 723. The number of likely N-dealkylation sites (tertiary alicyclic amines) is 1. The molecule has 1 amide bonds. The summed E-state index contributed by atoms with van der Waals surface area (Å²) in [5.41, 5.74) is 0.876. The normalized spacial score (nSPS) is 19.5. The number of aryl methyl sites for hydroxylation is 1. The minimum absolute atomic E-state index is 0.0848. The molecule has 25 heavy (non-hydrogen) atoms. The van der Waals surface area contributed by atoms with E-state index in [0.717, 1.165) is 24.7 Å². The van der Waals surface area contributed by atoms with Crippen molar-refractivity contribution in [3.8, 4) is 5.75 Å². The van der Waals surface area contributed by atoms with E-state index in [-0.39, 0.29) is 11.8 Å². The number of rotatable bonds is 6. The van der Waals surface area contributed by atoms with Crippen LogP contribution in [0.4, 0.5) is 0 Å². The molecule has 0 bridgehead atoms. The number of hydrogen-bond acceptors (Lipinski definition) is 4. The van der Waals surface area contributed by atoms with Gasteiger partial charge in [0.05, 0.1) is 6.26 Å². The van der Waals surface area contributed by atoms with Gasteiger partial charge in [-0.1, -0.05) is 11.6 Å². The second-order valence-corrected chi connectivity index (χ2v) is 8.85. The Morgan fingerprint density at radius 3 is 2.84 bits per heavy atom. The van der Waals surface area contributed by atoms with Crippen LogP contribution in [0.1, 0.15) is 25.3 Å². The third-order valence-electron chi connectivity index (χ3n) is 4.25. The zero-order valence-electron chi connectivity index (χ0n) is 14.8. The molecule has 2 unspecified atom stereocenters. The van der Waals surface area contributed by atoms with E-state index in [1.54, 1.807) is 30.0 Å². The number of piperidine rings is 1. The third kappa shape index (κ3) is 6.17. The van der Waals surface area contributed by atoms with Gasteiger partial charge in [-0.2, -0.15) is 0 Å². The molecule has 1 aromatic rings. The summed E-state index contributed by atoms with van der Waals surface area (Å²) in [5, 5.41) is 0.626. The van der Waals surface area contributed by atoms with Gasteiger partial charge in [0.15, 0.2) is 6.10 Å². The van der Waals surface area contributed by atoms with Gasteiger partial charge >= 0.3 is 0 Å². The van der Waals surface area contributed by atoms with Crippen molar-refractivity contribution in [1.82, 2.24) is 9.62 Å². The molecule has 6 nitrogen and oxygen atoms in total. The number of halogens is 1. The number of benzene rings is 1. The average molecular weight is 389 g/mol. The van der Waals surface area contributed by atoms with E-state index < -0.39 is 16.1 Å². The van der Waals surface area contributed by atoms with Crippen LogP contribution in [-0.4, -0.2) is 51.2 Å². The highest BCUT2D eigenvalue weighted by molar-refractivity contribution is 7.88. The molecule has 0 spiro atoms. The molecule has 0 aromatic heterocycles. The molecule has 0 aliphatic carbocycles. The predicted molar refractivity (Wildman–Crippen MR) is 98.4 cm³/mol. The number of carbonyl (C=O) groups excluding carboxylic acids is 1. The van der Waals surface area contributed by atoms with Gasteiger partial charge in [0.1, 0.15) is 5.75 Å². The largest absolute Gasteiger partial charge is 0.481 e. The van der Waals surface area contributed by atoms with Gasteiger partial charge in [0, 0.05) is 24.7 Å². The minimum Gasteiger partial charge on any atom is -0.481 e. The number of nitrogens with one attached hydrogen (secondary N) is 1. The maximum absolute atomic E-state index is 12.7. The van der Waals surface area contributed by atoms with E-state index in [2.05, 4.69) is 4.72 Å². The molecule has 2 atom stereocenters. The second kappa shape index (κ2) is 8.38. The van der Waals surface area contributed by atoms with Crippen molar-refractivity contribution in [2.24, 2.45) is 5.92 Å². The first-order chi connectivity index (χ1) is 11.7. The van der Waals surface area contributed by atoms with Gasteiger partial charge < -0.3 is 9.64 Å². The molecule has 1 N–H and O–H groups in total. The molecule has 1 aliphatic rings. The van der Waals surface area contributed by atoms with Crippen LogP contribution in [-0.2, 0) is 14.8 Å². The number of carbonyl (C=O) groups is 1. The van der Waals surface area contributed by atoms with Crippen LogP contribution in [0.3, 0.4) is 0 Å². The smallest absolute Gasteiger partial charge is 0.263 e. The highest BCUT2D eigenvalue weighted by Crippen LogP contribution is 2.24. The molecule has 0 saturated carbocycles. The Balaban J connectivity index is 1.94. The zero-order chi connectivity index (χ0) is 18.6. The molecule has 0 radical (unpaired) electrons. The number of hydrogen-bond donors (Lipinski definition) is 1. The minimum atomic E-state index is -3.22. The Labute approximate surface area is 154 Å². The first kappa shape index (κ1) is 20.0. The van der Waals surface area contributed by atoms with Gasteiger partial charge in [0.2, 0.25) is 10.0 Å². The van der Waals surface area contributed by atoms with Crippen LogP contribution in [0.5, 0.6) is 5.75 Å². The van der Waals surface area contributed by atoms with Crippen molar-refractivity contribution in [2.75, 3.05) is 25.9 Å². The van der Waals surface area contributed by atoms with Crippen LogP contribution in [0, 0.1) is 12.8 Å². The number of ether oxygens (including phenoxy) is 1. The van der Waals surface area contributed by atoms with Gasteiger partial charge in [-0.3, -0.25) is 4.79 Å². The Morgan fingerprint density at radius 1 is 1.48 bits per heavy atom. The topological polar surface area (TPSA) is 75.7 Å². The van der Waals surface area contributed by atoms with Crippen LogP contribution >= 0.6 is 11.6 Å². The lowest BCUT2D eigenvalue weighted by atomic mass is 9.98. The van der Waals surface area contributed by atoms with E-state index in [4.69, 9.17) is 16.3 Å². The van der Waals surface area contributed by atoms with E-state index in [0.29, 0.717) is 30.4 Å². The summed E-state index contributed by atoms with van der Waals surface area (Å²) in [7, 11) is -3.22. The Kier molecular flexibility index (Phi) is 6.71. The highest BCUT2D eigenvalue weighted by atomic mass is 35.5. The molecule has 1 aliphatic heterocycles. The second-order valence-electron chi connectivity index (χ2n) is 6.58. The average Bonchev–Trinajstić information content (AvgIpc) is 2.54. The fraction of sp³-hybridized carbons (Fsp3) is 0.588. The molecule has 8 heteroatoms. The van der Waals surface area contributed by atoms with Crippen molar-refractivity contribution in [3.05, 3.63) is 28.8 Å². The molecule has 140 valence electrons. The fourth-order valence-electron chi connectivity index (χ4n) is 2.94. The molecular formula is C17H25ClN2O4S. The lowest BCUT2D eigenvalue weighted by Gasteiger charge is -2.34. The van der Waals surface area contributed by atoms with Crippen LogP contribution in [0.25, 0.3) is 0 Å². The molecule has 1 fully saturated rings. The van der Waals surface area contributed by atoms with Crippen LogP contribution < -0.4 is 9.46 Å². The van der Waals surface area contributed by atoms with Gasteiger partial charge in [0.25, 0.3) is 5.91 Å². The lowest BCUT2D eigenvalue weighted by Crippen LogP contribution is -2.47. The SMILES string of the molecule is Cc1cc(Cl)ccc1OC(C)C(=O)N1CCCC(CNS(C)(=O)=O)C1. The summed E-state index contributed by atoms with van der Waals surface area (Å²) in [6, 6.07) is 5.28.